The van der Waals surface area contributed by atoms with Gasteiger partial charge in [0.2, 0.25) is 10.0 Å². The fraction of sp³-hybridized carbons (Fsp3) is 0.480. The first-order valence-electron chi connectivity index (χ1n) is 12.2. The molecule has 10 nitrogen and oxygen atoms in total. The van der Waals surface area contributed by atoms with Crippen LogP contribution in [0.25, 0.3) is 11.1 Å². The van der Waals surface area contributed by atoms with E-state index in [2.05, 4.69) is 10.2 Å². The largest absolute Gasteiger partial charge is 0.492 e. The number of benzene rings is 2. The molecule has 1 aliphatic rings. The number of anilines is 2. The average Bonchev–Trinajstić information content (AvgIpc) is 3.29. The second kappa shape index (κ2) is 10.9. The number of nitrogens with one attached hydrogen (secondary N) is 1. The van der Waals surface area contributed by atoms with Gasteiger partial charge in [0.15, 0.2) is 5.58 Å². The van der Waals surface area contributed by atoms with E-state index in [1.807, 2.05) is 26.0 Å². The first-order valence-corrected chi connectivity index (χ1v) is 13.7. The van der Waals surface area contributed by atoms with E-state index in [1.54, 1.807) is 18.2 Å². The Kier molecular flexibility index (Phi) is 7.91. The summed E-state index contributed by atoms with van der Waals surface area (Å²) in [6.07, 6.45) is 1.84. The highest BCUT2D eigenvalue weighted by atomic mass is 32.2. The van der Waals surface area contributed by atoms with Gasteiger partial charge >= 0.3 is 0 Å². The van der Waals surface area contributed by atoms with Gasteiger partial charge in [0.25, 0.3) is 6.01 Å². The number of sulfonamides is 1. The Morgan fingerprint density at radius 3 is 2.31 bits per heavy atom. The molecule has 196 valence electrons. The number of rotatable bonds is 10. The molecular formula is C25H35N5O5S. The highest BCUT2D eigenvalue weighted by molar-refractivity contribution is 7.89. The second-order valence-corrected chi connectivity index (χ2v) is 11.0. The zero-order chi connectivity index (χ0) is 25.9. The summed E-state index contributed by atoms with van der Waals surface area (Å²) in [6, 6.07) is 9.26. The summed E-state index contributed by atoms with van der Waals surface area (Å²) in [6.45, 7) is 7.08. The summed E-state index contributed by atoms with van der Waals surface area (Å²) in [4.78, 5) is 7.03. The van der Waals surface area contributed by atoms with Crippen LogP contribution in [0.4, 0.5) is 11.7 Å². The van der Waals surface area contributed by atoms with E-state index < -0.39 is 10.0 Å². The predicted molar refractivity (Wildman–Crippen MR) is 140 cm³/mol. The number of nitrogens with zero attached hydrogens (tertiary/aromatic N) is 3. The van der Waals surface area contributed by atoms with Crippen molar-refractivity contribution in [1.29, 1.82) is 0 Å². The van der Waals surface area contributed by atoms with Crippen molar-refractivity contribution in [2.75, 3.05) is 51.0 Å². The molecule has 0 bridgehead atoms. The second-order valence-electron chi connectivity index (χ2n) is 8.89. The van der Waals surface area contributed by atoms with E-state index in [1.165, 1.54) is 18.4 Å². The Hall–Kier alpha value is -3.02. The van der Waals surface area contributed by atoms with Crippen molar-refractivity contribution < 1.29 is 22.3 Å². The number of nitrogen functional groups attached to an aromatic ring is 1. The zero-order valence-corrected chi connectivity index (χ0v) is 22.1. The van der Waals surface area contributed by atoms with Crippen molar-refractivity contribution in [3.05, 3.63) is 35.9 Å². The lowest BCUT2D eigenvalue weighted by Crippen LogP contribution is -2.43. The summed E-state index contributed by atoms with van der Waals surface area (Å²) >= 11 is 0. The van der Waals surface area contributed by atoms with Gasteiger partial charge in [0.1, 0.15) is 22.7 Å². The van der Waals surface area contributed by atoms with Crippen molar-refractivity contribution in [3.8, 4) is 11.5 Å². The highest BCUT2D eigenvalue weighted by Crippen LogP contribution is 2.36. The zero-order valence-electron chi connectivity index (χ0n) is 21.3. The third-order valence-corrected chi connectivity index (χ3v) is 8.05. The van der Waals surface area contributed by atoms with Crippen LogP contribution >= 0.6 is 0 Å². The molecule has 3 N–H and O–H groups in total. The molecule has 1 aromatic heterocycles. The van der Waals surface area contributed by atoms with Gasteiger partial charge in [-0.15, -0.1) is 0 Å². The monoisotopic (exact) mass is 517 g/mol. The molecule has 4 rings (SSSR count). The molecule has 3 aromatic rings. The van der Waals surface area contributed by atoms with Gasteiger partial charge in [-0.2, -0.15) is 4.98 Å². The minimum atomic E-state index is -3.58. The van der Waals surface area contributed by atoms with Gasteiger partial charge in [-0.25, -0.2) is 12.7 Å². The van der Waals surface area contributed by atoms with Crippen LogP contribution in [-0.4, -0.2) is 64.1 Å². The quantitative estimate of drug-likeness (QED) is 0.390. The number of hydrogen-bond donors (Lipinski definition) is 2. The van der Waals surface area contributed by atoms with Crippen LogP contribution in [0.3, 0.4) is 0 Å². The molecule has 36 heavy (non-hydrogen) atoms. The topological polar surface area (TPSA) is 123 Å². The first-order chi connectivity index (χ1) is 17.2. The molecule has 0 radical (unpaired) electrons. The summed E-state index contributed by atoms with van der Waals surface area (Å²) in [5, 5.41) is 3.40. The number of hydrogen-bond acceptors (Lipinski definition) is 9. The maximum Gasteiger partial charge on any atom is 0.298 e. The number of oxazole rings is 1. The Balaban J connectivity index is 1.74. The van der Waals surface area contributed by atoms with E-state index in [9.17, 15) is 8.42 Å². The molecule has 0 spiro atoms. The molecule has 0 aliphatic carbocycles. The molecule has 2 aromatic carbocycles. The van der Waals surface area contributed by atoms with E-state index >= 15 is 0 Å². The number of aromatic nitrogens is 1. The van der Waals surface area contributed by atoms with Crippen LogP contribution in [-0.2, 0) is 16.6 Å². The van der Waals surface area contributed by atoms with E-state index in [0.717, 1.165) is 31.5 Å². The van der Waals surface area contributed by atoms with Gasteiger partial charge in [0, 0.05) is 26.7 Å². The highest BCUT2D eigenvalue weighted by Gasteiger charge is 2.27. The Bertz CT molecular complexity index is 1270. The Morgan fingerprint density at radius 2 is 1.72 bits per heavy atom. The third-order valence-electron chi connectivity index (χ3n) is 6.24. The van der Waals surface area contributed by atoms with Gasteiger partial charge in [-0.3, -0.25) is 0 Å². The Morgan fingerprint density at radius 1 is 1.08 bits per heavy atom. The SMILES string of the molecule is CCOc1cc(CN(c2nc3cc(S(=O)(=O)N(C)C)ccc3o2)C2CCNCC2)cc(OCC)c1N. The van der Waals surface area contributed by atoms with Gasteiger partial charge in [0.05, 0.1) is 18.1 Å². The van der Waals surface area contributed by atoms with E-state index in [-0.39, 0.29) is 10.9 Å². The van der Waals surface area contributed by atoms with Crippen molar-refractivity contribution in [2.45, 2.75) is 44.2 Å². The minimum Gasteiger partial charge on any atom is -0.492 e. The maximum atomic E-state index is 12.6. The molecule has 2 heterocycles. The van der Waals surface area contributed by atoms with Crippen LogP contribution in [0.1, 0.15) is 32.3 Å². The number of ether oxygens (including phenoxy) is 2. The van der Waals surface area contributed by atoms with Gasteiger partial charge in [-0.05, 0) is 75.7 Å². The molecule has 11 heteroatoms. The molecule has 0 atom stereocenters. The molecule has 0 unspecified atom stereocenters. The molecule has 1 aliphatic heterocycles. The third kappa shape index (κ3) is 5.37. The number of piperidine rings is 1. The van der Waals surface area contributed by atoms with Crippen LogP contribution in [0, 0.1) is 0 Å². The summed E-state index contributed by atoms with van der Waals surface area (Å²) < 4.78 is 44.1. The predicted octanol–water partition coefficient (Wildman–Crippen LogP) is 3.22. The lowest BCUT2D eigenvalue weighted by molar-refractivity contribution is 0.325. The first kappa shape index (κ1) is 26.1. The maximum absolute atomic E-state index is 12.6. The summed E-state index contributed by atoms with van der Waals surface area (Å²) in [7, 11) is -0.570. The lowest BCUT2D eigenvalue weighted by atomic mass is 10.0. The molecule has 0 amide bonds. The minimum absolute atomic E-state index is 0.175. The molecular weight excluding hydrogens is 482 g/mol. The van der Waals surface area contributed by atoms with Crippen LogP contribution < -0.4 is 25.4 Å². The smallest absolute Gasteiger partial charge is 0.298 e. The van der Waals surface area contributed by atoms with Gasteiger partial charge < -0.3 is 29.8 Å². The average molecular weight is 518 g/mol. The van der Waals surface area contributed by atoms with Crippen molar-refractivity contribution >= 4 is 32.8 Å². The standard InChI is InChI=1S/C25H35N5O5S/c1-5-33-22-13-17(14-23(24(22)26)34-6-2)16-30(18-9-11-27-12-10-18)25-28-20-15-19(7-8-21(20)35-25)36(31,32)29(3)4/h7-8,13-15,18,27H,5-6,9-12,16,26H2,1-4H3. The van der Waals surface area contributed by atoms with Crippen LogP contribution in [0.2, 0.25) is 0 Å². The fourth-order valence-electron chi connectivity index (χ4n) is 4.35. The molecule has 0 saturated carbocycles. The van der Waals surface area contributed by atoms with E-state index in [0.29, 0.717) is 54.1 Å². The molecule has 1 saturated heterocycles. The number of nitrogens with two attached hydrogens (primary N) is 1. The number of fused-ring (bicyclic) bond motifs is 1. The van der Waals surface area contributed by atoms with Crippen LogP contribution in [0.5, 0.6) is 11.5 Å². The molecule has 1 fully saturated rings. The van der Waals surface area contributed by atoms with Crippen molar-refractivity contribution in [1.82, 2.24) is 14.6 Å². The van der Waals surface area contributed by atoms with Crippen molar-refractivity contribution in [3.63, 3.8) is 0 Å². The Labute approximate surface area is 212 Å². The normalized spacial score (nSPS) is 14.9. The van der Waals surface area contributed by atoms with Crippen molar-refractivity contribution in [2.24, 2.45) is 0 Å². The fourth-order valence-corrected chi connectivity index (χ4v) is 5.28. The van der Waals surface area contributed by atoms with E-state index in [4.69, 9.17) is 24.6 Å². The summed E-state index contributed by atoms with van der Waals surface area (Å²) in [5.41, 5.74) is 8.73. The summed E-state index contributed by atoms with van der Waals surface area (Å²) in [5.74, 6) is 1.17. The lowest BCUT2D eigenvalue weighted by Gasteiger charge is -2.33. The van der Waals surface area contributed by atoms with Gasteiger partial charge in [-0.1, -0.05) is 0 Å². The van der Waals surface area contributed by atoms with Crippen LogP contribution in [0.15, 0.2) is 39.6 Å².